The van der Waals surface area contributed by atoms with Gasteiger partial charge in [0.05, 0.1) is 14.2 Å². The average molecular weight is 292 g/mol. The second-order valence-corrected chi connectivity index (χ2v) is 5.70. The third-order valence-electron chi connectivity index (χ3n) is 4.36. The smallest absolute Gasteiger partial charge is 0.127 e. The van der Waals surface area contributed by atoms with E-state index in [-0.39, 0.29) is 0 Å². The van der Waals surface area contributed by atoms with Crippen LogP contribution in [0.5, 0.6) is 11.5 Å². The lowest BCUT2D eigenvalue weighted by Gasteiger charge is -2.29. The van der Waals surface area contributed by atoms with Crippen LogP contribution >= 0.6 is 0 Å². The first kappa shape index (κ1) is 16.1. The van der Waals surface area contributed by atoms with Crippen molar-refractivity contribution in [1.82, 2.24) is 10.2 Å². The van der Waals surface area contributed by atoms with E-state index in [1.165, 1.54) is 24.9 Å². The van der Waals surface area contributed by atoms with Gasteiger partial charge in [-0.1, -0.05) is 13.0 Å². The van der Waals surface area contributed by atoms with Crippen LogP contribution in [-0.2, 0) is 0 Å². The molecular weight excluding hydrogens is 264 g/mol. The van der Waals surface area contributed by atoms with Crippen molar-refractivity contribution in [2.75, 3.05) is 40.9 Å². The molecule has 0 saturated carbocycles. The predicted octanol–water partition coefficient (Wildman–Crippen LogP) is 2.70. The summed E-state index contributed by atoms with van der Waals surface area (Å²) in [5, 5.41) is 3.34. The fourth-order valence-corrected chi connectivity index (χ4v) is 3.45. The third-order valence-corrected chi connectivity index (χ3v) is 4.36. The third kappa shape index (κ3) is 3.50. The van der Waals surface area contributed by atoms with E-state index in [0.29, 0.717) is 12.0 Å². The van der Waals surface area contributed by atoms with Gasteiger partial charge in [-0.05, 0) is 51.5 Å². The average Bonchev–Trinajstić information content (AvgIpc) is 2.90. The summed E-state index contributed by atoms with van der Waals surface area (Å²) in [5.41, 5.74) is 1.28. The summed E-state index contributed by atoms with van der Waals surface area (Å²) >= 11 is 0. The van der Waals surface area contributed by atoms with Gasteiger partial charge in [0.15, 0.2) is 0 Å². The van der Waals surface area contributed by atoms with Crippen LogP contribution in [0.2, 0.25) is 0 Å². The molecule has 21 heavy (non-hydrogen) atoms. The van der Waals surface area contributed by atoms with Crippen molar-refractivity contribution >= 4 is 0 Å². The number of hydrogen-bond donors (Lipinski definition) is 1. The van der Waals surface area contributed by atoms with Gasteiger partial charge < -0.3 is 14.8 Å². The number of nitrogens with one attached hydrogen (secondary N) is 1. The van der Waals surface area contributed by atoms with Crippen molar-refractivity contribution in [2.24, 2.45) is 5.92 Å². The molecule has 1 aromatic carbocycles. The lowest BCUT2D eigenvalue weighted by atomic mass is 9.92. The molecule has 2 rings (SSSR count). The number of rotatable bonds is 7. The zero-order valence-corrected chi connectivity index (χ0v) is 13.7. The minimum atomic E-state index is 0.429. The molecule has 4 heteroatoms. The maximum atomic E-state index is 5.63. The molecule has 0 bridgehead atoms. The van der Waals surface area contributed by atoms with Crippen LogP contribution in [-0.4, -0.2) is 45.8 Å². The maximum Gasteiger partial charge on any atom is 0.127 e. The lowest BCUT2D eigenvalue weighted by Crippen LogP contribution is -2.30. The van der Waals surface area contributed by atoms with Gasteiger partial charge in [-0.2, -0.15) is 0 Å². The highest BCUT2D eigenvalue weighted by Crippen LogP contribution is 2.42. The summed E-state index contributed by atoms with van der Waals surface area (Å²) in [6.07, 6.45) is 2.42. The van der Waals surface area contributed by atoms with E-state index in [1.54, 1.807) is 14.2 Å². The van der Waals surface area contributed by atoms with E-state index in [4.69, 9.17) is 9.47 Å². The Labute approximate surface area is 128 Å². The summed E-state index contributed by atoms with van der Waals surface area (Å²) in [6, 6.07) is 6.63. The molecule has 0 aromatic heterocycles. The van der Waals surface area contributed by atoms with E-state index in [9.17, 15) is 0 Å². The van der Waals surface area contributed by atoms with Crippen LogP contribution in [0.3, 0.4) is 0 Å². The van der Waals surface area contributed by atoms with E-state index in [2.05, 4.69) is 23.2 Å². The molecule has 0 amide bonds. The highest BCUT2D eigenvalue weighted by atomic mass is 16.5. The molecule has 1 fully saturated rings. The van der Waals surface area contributed by atoms with Crippen molar-refractivity contribution < 1.29 is 9.47 Å². The van der Waals surface area contributed by atoms with Gasteiger partial charge in [-0.25, -0.2) is 0 Å². The zero-order chi connectivity index (χ0) is 15.2. The number of likely N-dealkylation sites (tertiary alicyclic amines) is 1. The molecule has 4 nitrogen and oxygen atoms in total. The monoisotopic (exact) mass is 292 g/mol. The van der Waals surface area contributed by atoms with Crippen LogP contribution in [0, 0.1) is 5.92 Å². The van der Waals surface area contributed by atoms with Crippen LogP contribution in [0.4, 0.5) is 0 Å². The molecular formula is C17H28N2O2. The van der Waals surface area contributed by atoms with Crippen LogP contribution < -0.4 is 14.8 Å². The van der Waals surface area contributed by atoms with Crippen molar-refractivity contribution in [3.05, 3.63) is 23.8 Å². The highest BCUT2D eigenvalue weighted by molar-refractivity contribution is 5.43. The zero-order valence-electron chi connectivity index (χ0n) is 13.7. The molecule has 118 valence electrons. The highest BCUT2D eigenvalue weighted by Gasteiger charge is 2.35. The van der Waals surface area contributed by atoms with E-state index in [1.807, 2.05) is 19.2 Å². The molecule has 0 spiro atoms. The predicted molar refractivity (Wildman–Crippen MR) is 86.2 cm³/mol. The first-order chi connectivity index (χ1) is 10.2. The normalized spacial score (nSPS) is 22.5. The Morgan fingerprint density at radius 3 is 2.71 bits per heavy atom. The molecule has 2 unspecified atom stereocenters. The molecule has 0 radical (unpaired) electrons. The topological polar surface area (TPSA) is 33.7 Å². The summed E-state index contributed by atoms with van der Waals surface area (Å²) in [7, 11) is 5.46. The van der Waals surface area contributed by atoms with Gasteiger partial charge in [0.2, 0.25) is 0 Å². The summed E-state index contributed by atoms with van der Waals surface area (Å²) < 4.78 is 10.9. The molecule has 1 N–H and O–H groups in total. The second kappa shape index (κ2) is 7.66. The fourth-order valence-electron chi connectivity index (χ4n) is 3.45. The minimum absolute atomic E-state index is 0.429. The molecule has 2 atom stereocenters. The lowest BCUT2D eigenvalue weighted by molar-refractivity contribution is 0.222. The van der Waals surface area contributed by atoms with Crippen molar-refractivity contribution in [3.8, 4) is 11.5 Å². The Bertz CT molecular complexity index is 436. The van der Waals surface area contributed by atoms with Gasteiger partial charge in [0.25, 0.3) is 0 Å². The first-order valence-electron chi connectivity index (χ1n) is 7.85. The van der Waals surface area contributed by atoms with Crippen LogP contribution in [0.15, 0.2) is 18.2 Å². The summed E-state index contributed by atoms with van der Waals surface area (Å²) in [6.45, 7) is 5.59. The number of methoxy groups -OCH3 is 2. The van der Waals surface area contributed by atoms with E-state index >= 15 is 0 Å². The molecule has 1 aromatic rings. The van der Waals surface area contributed by atoms with Crippen LogP contribution in [0.1, 0.15) is 31.4 Å². The number of ether oxygens (including phenoxy) is 2. The standard InChI is InChI=1S/C17H28N2O2/c1-5-9-19-10-8-13(12-18-2)17(19)15-7-6-14(20-3)11-16(15)21-4/h6-7,11,13,17-18H,5,8-10,12H2,1-4H3. The quantitative estimate of drug-likeness (QED) is 0.838. The Balaban J connectivity index is 2.33. The molecule has 1 heterocycles. The minimum Gasteiger partial charge on any atom is -0.497 e. The van der Waals surface area contributed by atoms with Gasteiger partial charge in [0.1, 0.15) is 11.5 Å². The van der Waals surface area contributed by atoms with E-state index < -0.39 is 0 Å². The molecule has 1 saturated heterocycles. The second-order valence-electron chi connectivity index (χ2n) is 5.70. The maximum absolute atomic E-state index is 5.63. The van der Waals surface area contributed by atoms with Crippen molar-refractivity contribution in [2.45, 2.75) is 25.8 Å². The largest absolute Gasteiger partial charge is 0.497 e. The SMILES string of the molecule is CCCN1CCC(CNC)C1c1ccc(OC)cc1OC. The van der Waals surface area contributed by atoms with Gasteiger partial charge in [-0.3, -0.25) is 4.90 Å². The first-order valence-corrected chi connectivity index (χ1v) is 7.85. The number of hydrogen-bond acceptors (Lipinski definition) is 4. The Hall–Kier alpha value is -1.26. The molecule has 0 aliphatic carbocycles. The van der Waals surface area contributed by atoms with Gasteiger partial charge >= 0.3 is 0 Å². The fraction of sp³-hybridized carbons (Fsp3) is 0.647. The van der Waals surface area contributed by atoms with E-state index in [0.717, 1.165) is 24.6 Å². The van der Waals surface area contributed by atoms with Gasteiger partial charge in [0, 0.05) is 17.7 Å². The summed E-state index contributed by atoms with van der Waals surface area (Å²) in [4.78, 5) is 2.59. The van der Waals surface area contributed by atoms with Gasteiger partial charge in [-0.15, -0.1) is 0 Å². The number of benzene rings is 1. The summed E-state index contributed by atoms with van der Waals surface area (Å²) in [5.74, 6) is 2.41. The Morgan fingerprint density at radius 1 is 1.29 bits per heavy atom. The molecule has 1 aliphatic rings. The Morgan fingerprint density at radius 2 is 2.10 bits per heavy atom. The van der Waals surface area contributed by atoms with Crippen molar-refractivity contribution in [1.29, 1.82) is 0 Å². The molecule has 1 aliphatic heterocycles. The Kier molecular flexibility index (Phi) is 5.88. The van der Waals surface area contributed by atoms with Crippen molar-refractivity contribution in [3.63, 3.8) is 0 Å². The number of nitrogens with zero attached hydrogens (tertiary/aromatic N) is 1. The van der Waals surface area contributed by atoms with Crippen LogP contribution in [0.25, 0.3) is 0 Å².